The molecule has 6 nitrogen and oxygen atoms in total. The average Bonchev–Trinajstić information content (AvgIpc) is 3.01. The third kappa shape index (κ3) is 2.74. The van der Waals surface area contributed by atoms with Crippen LogP contribution in [0.25, 0.3) is 22.6 Å². The highest BCUT2D eigenvalue weighted by Gasteiger charge is 2.20. The average molecular weight is 332 g/mol. The maximum absolute atomic E-state index is 13.4. The van der Waals surface area contributed by atoms with E-state index in [1.807, 2.05) is 0 Å². The van der Waals surface area contributed by atoms with Crippen LogP contribution in [0.5, 0.6) is 0 Å². The lowest BCUT2D eigenvalue weighted by molar-refractivity contribution is -0.384. The van der Waals surface area contributed by atoms with Crippen molar-refractivity contribution < 1.29 is 23.3 Å². The van der Waals surface area contributed by atoms with Crippen molar-refractivity contribution in [1.29, 1.82) is 0 Å². The minimum absolute atomic E-state index is 0.126. The Morgan fingerprint density at radius 2 is 1.92 bits per heavy atom. The number of aliphatic hydroxyl groups is 1. The number of non-ortho nitro benzene ring substituents is 1. The normalized spacial score (nSPS) is 10.8. The van der Waals surface area contributed by atoms with Crippen LogP contribution in [0.3, 0.4) is 0 Å². The van der Waals surface area contributed by atoms with Crippen molar-refractivity contribution in [2.45, 2.75) is 6.61 Å². The van der Waals surface area contributed by atoms with Crippen LogP contribution in [-0.4, -0.2) is 15.2 Å². The summed E-state index contributed by atoms with van der Waals surface area (Å²) in [5.41, 5.74) is 0.773. The van der Waals surface area contributed by atoms with Crippen molar-refractivity contribution in [2.24, 2.45) is 0 Å². The van der Waals surface area contributed by atoms with Crippen LogP contribution < -0.4 is 0 Å². The van der Waals surface area contributed by atoms with Gasteiger partial charge in [-0.2, -0.15) is 0 Å². The van der Waals surface area contributed by atoms with E-state index in [-0.39, 0.29) is 28.3 Å². The fourth-order valence-electron chi connectivity index (χ4n) is 2.31. The Bertz CT molecular complexity index is 924. The van der Waals surface area contributed by atoms with E-state index in [1.54, 1.807) is 6.07 Å². The zero-order chi connectivity index (χ0) is 17.3. The summed E-state index contributed by atoms with van der Waals surface area (Å²) < 4.78 is 31.6. The van der Waals surface area contributed by atoms with Gasteiger partial charge in [0.1, 0.15) is 5.69 Å². The van der Waals surface area contributed by atoms with Gasteiger partial charge in [0, 0.05) is 23.3 Å². The molecule has 122 valence electrons. The molecule has 0 saturated carbocycles. The number of hydrogen-bond donors (Lipinski definition) is 1. The maximum Gasteiger partial charge on any atom is 0.270 e. The van der Waals surface area contributed by atoms with Gasteiger partial charge in [-0.1, -0.05) is 17.3 Å². The Kier molecular flexibility index (Phi) is 4.05. The number of nitro groups is 1. The Balaban J connectivity index is 2.11. The largest absolute Gasteiger partial charge is 0.391 e. The van der Waals surface area contributed by atoms with Crippen LogP contribution >= 0.6 is 0 Å². The quantitative estimate of drug-likeness (QED) is 0.581. The highest BCUT2D eigenvalue weighted by molar-refractivity contribution is 5.73. The molecule has 0 atom stereocenters. The molecule has 1 aromatic heterocycles. The number of aliphatic hydroxyl groups excluding tert-OH is 1. The SMILES string of the molecule is O=[N+]([O-])c1cccc(-c2onc(-c3ccc(F)c(F)c3)c2CO)c1. The number of rotatable bonds is 4. The molecule has 0 unspecified atom stereocenters. The van der Waals surface area contributed by atoms with E-state index in [2.05, 4.69) is 5.16 Å². The molecule has 0 spiro atoms. The van der Waals surface area contributed by atoms with Crippen molar-refractivity contribution in [1.82, 2.24) is 5.16 Å². The molecule has 0 saturated heterocycles. The van der Waals surface area contributed by atoms with Crippen molar-refractivity contribution in [3.05, 3.63) is 69.8 Å². The highest BCUT2D eigenvalue weighted by atomic mass is 19.2. The fourth-order valence-corrected chi connectivity index (χ4v) is 2.31. The maximum atomic E-state index is 13.4. The first-order chi connectivity index (χ1) is 11.5. The minimum atomic E-state index is -1.06. The third-order valence-electron chi connectivity index (χ3n) is 3.46. The molecule has 0 aliphatic carbocycles. The lowest BCUT2D eigenvalue weighted by Gasteiger charge is -2.02. The molecule has 8 heteroatoms. The van der Waals surface area contributed by atoms with Crippen molar-refractivity contribution in [2.75, 3.05) is 0 Å². The van der Waals surface area contributed by atoms with Gasteiger partial charge in [-0.25, -0.2) is 8.78 Å². The number of aromatic nitrogens is 1. The summed E-state index contributed by atoms with van der Waals surface area (Å²) in [7, 11) is 0. The Hall–Kier alpha value is -3.13. The summed E-state index contributed by atoms with van der Waals surface area (Å²) in [6.45, 7) is -0.490. The van der Waals surface area contributed by atoms with E-state index in [0.717, 1.165) is 12.1 Å². The van der Waals surface area contributed by atoms with Gasteiger partial charge in [0.05, 0.1) is 17.1 Å². The van der Waals surface area contributed by atoms with Gasteiger partial charge in [0.2, 0.25) is 0 Å². The van der Waals surface area contributed by atoms with Gasteiger partial charge in [0.15, 0.2) is 17.4 Å². The molecule has 1 heterocycles. The monoisotopic (exact) mass is 332 g/mol. The molecular weight excluding hydrogens is 322 g/mol. The molecule has 3 rings (SSSR count). The summed E-state index contributed by atoms with van der Waals surface area (Å²) in [4.78, 5) is 10.3. The Morgan fingerprint density at radius 3 is 2.58 bits per heavy atom. The predicted octanol–water partition coefficient (Wildman–Crippen LogP) is 3.69. The molecule has 0 aliphatic heterocycles. The van der Waals surface area contributed by atoms with E-state index in [1.165, 1.54) is 24.3 Å². The van der Waals surface area contributed by atoms with Gasteiger partial charge >= 0.3 is 0 Å². The Labute approximate surface area is 134 Å². The summed E-state index contributed by atoms with van der Waals surface area (Å²) in [6.07, 6.45) is 0. The van der Waals surface area contributed by atoms with Crippen LogP contribution in [0.15, 0.2) is 47.0 Å². The molecule has 0 amide bonds. The molecule has 2 aromatic carbocycles. The van der Waals surface area contributed by atoms with Crippen LogP contribution in [0.1, 0.15) is 5.56 Å². The van der Waals surface area contributed by atoms with Crippen LogP contribution in [-0.2, 0) is 6.61 Å². The molecule has 3 aromatic rings. The van der Waals surface area contributed by atoms with E-state index < -0.39 is 23.2 Å². The third-order valence-corrected chi connectivity index (χ3v) is 3.46. The zero-order valence-electron chi connectivity index (χ0n) is 12.1. The summed E-state index contributed by atoms with van der Waals surface area (Å²) in [5.74, 6) is -1.94. The van der Waals surface area contributed by atoms with Crippen molar-refractivity contribution in [3.63, 3.8) is 0 Å². The summed E-state index contributed by atoms with van der Waals surface area (Å²) in [6, 6.07) is 8.78. The highest BCUT2D eigenvalue weighted by Crippen LogP contribution is 2.34. The van der Waals surface area contributed by atoms with Crippen molar-refractivity contribution >= 4 is 5.69 Å². The minimum Gasteiger partial charge on any atom is -0.391 e. The van der Waals surface area contributed by atoms with Gasteiger partial charge in [-0.05, 0) is 18.2 Å². The topological polar surface area (TPSA) is 89.4 Å². The second kappa shape index (κ2) is 6.17. The number of nitrogens with zero attached hydrogens (tertiary/aromatic N) is 2. The first-order valence-corrected chi connectivity index (χ1v) is 6.81. The number of halogens is 2. The number of hydrogen-bond acceptors (Lipinski definition) is 5. The van der Waals surface area contributed by atoms with Gasteiger partial charge in [-0.3, -0.25) is 10.1 Å². The Morgan fingerprint density at radius 1 is 1.12 bits per heavy atom. The van der Waals surface area contributed by atoms with E-state index in [9.17, 15) is 24.0 Å². The molecule has 0 bridgehead atoms. The predicted molar refractivity (Wildman–Crippen MR) is 79.9 cm³/mol. The summed E-state index contributed by atoms with van der Waals surface area (Å²) >= 11 is 0. The molecule has 0 fully saturated rings. The van der Waals surface area contributed by atoms with Crippen LogP contribution in [0, 0.1) is 21.7 Å². The standard InChI is InChI=1S/C16H10F2N2O4/c17-13-5-4-9(7-14(13)18)15-12(8-21)16(24-19-15)10-2-1-3-11(6-10)20(22)23/h1-7,21H,8H2. The zero-order valence-corrected chi connectivity index (χ0v) is 12.1. The fraction of sp³-hybridized carbons (Fsp3) is 0.0625. The molecule has 0 radical (unpaired) electrons. The number of benzene rings is 2. The molecule has 1 N–H and O–H groups in total. The van der Waals surface area contributed by atoms with E-state index >= 15 is 0 Å². The lowest BCUT2D eigenvalue weighted by atomic mass is 10.0. The van der Waals surface area contributed by atoms with Gasteiger partial charge < -0.3 is 9.63 Å². The van der Waals surface area contributed by atoms with Crippen LogP contribution in [0.4, 0.5) is 14.5 Å². The first kappa shape index (κ1) is 15.8. The summed E-state index contributed by atoms with van der Waals surface area (Å²) in [5, 5.41) is 24.3. The first-order valence-electron chi connectivity index (χ1n) is 6.81. The lowest BCUT2D eigenvalue weighted by Crippen LogP contribution is -1.92. The van der Waals surface area contributed by atoms with Gasteiger partial charge in [0.25, 0.3) is 5.69 Å². The van der Waals surface area contributed by atoms with Crippen molar-refractivity contribution in [3.8, 4) is 22.6 Å². The van der Waals surface area contributed by atoms with E-state index in [0.29, 0.717) is 5.56 Å². The second-order valence-electron chi connectivity index (χ2n) is 4.93. The number of nitro benzene ring substituents is 1. The molecule has 24 heavy (non-hydrogen) atoms. The van der Waals surface area contributed by atoms with E-state index in [4.69, 9.17) is 4.52 Å². The molecular formula is C16H10F2N2O4. The van der Waals surface area contributed by atoms with Gasteiger partial charge in [-0.15, -0.1) is 0 Å². The molecule has 0 aliphatic rings. The second-order valence-corrected chi connectivity index (χ2v) is 4.93. The van der Waals surface area contributed by atoms with Crippen LogP contribution in [0.2, 0.25) is 0 Å². The smallest absolute Gasteiger partial charge is 0.270 e.